The van der Waals surface area contributed by atoms with E-state index in [0.29, 0.717) is 69.1 Å². The van der Waals surface area contributed by atoms with Gasteiger partial charge in [-0.2, -0.15) is 0 Å². The second-order valence-electron chi connectivity index (χ2n) is 8.49. The van der Waals surface area contributed by atoms with Gasteiger partial charge < -0.3 is 14.4 Å². The Balaban J connectivity index is 1.63. The highest BCUT2D eigenvalue weighted by molar-refractivity contribution is 7.90. The summed E-state index contributed by atoms with van der Waals surface area (Å²) in [5.41, 5.74) is 1.67. The van der Waals surface area contributed by atoms with Crippen LogP contribution in [0.15, 0.2) is 42.5 Å². The lowest BCUT2D eigenvalue weighted by Gasteiger charge is -2.26. The molecular weight excluding hydrogens is 506 g/mol. The minimum Gasteiger partial charge on any atom is -0.489 e. The fourth-order valence-electron chi connectivity index (χ4n) is 3.51. The van der Waals surface area contributed by atoms with Crippen molar-refractivity contribution in [1.82, 2.24) is 19.8 Å². The molecule has 0 spiro atoms. The third-order valence-electron chi connectivity index (χ3n) is 5.47. The zero-order valence-electron chi connectivity index (χ0n) is 20.6. The standard InChI is InChI=1S/C24H32ClN5O5S/c1-4-30(16-19-15-20(25)5-7-22(19)35-17-18(2)3)23-8-6-21(26-27-23)24(31)28-36(32,33)14-11-29-9-12-34-13-10-29/h5-8,15H,2,4,9-14,16-17H2,1,3H3,(H,28,31). The van der Waals surface area contributed by atoms with E-state index in [4.69, 9.17) is 21.1 Å². The number of anilines is 1. The molecule has 196 valence electrons. The van der Waals surface area contributed by atoms with Crippen molar-refractivity contribution < 1.29 is 22.7 Å². The van der Waals surface area contributed by atoms with Crippen molar-refractivity contribution in [2.45, 2.75) is 20.4 Å². The summed E-state index contributed by atoms with van der Waals surface area (Å²) in [6, 6.07) is 8.48. The molecule has 1 amide bonds. The Morgan fingerprint density at radius 3 is 2.64 bits per heavy atom. The summed E-state index contributed by atoms with van der Waals surface area (Å²) in [6.45, 7) is 11.9. The lowest BCUT2D eigenvalue weighted by molar-refractivity contribution is 0.0407. The van der Waals surface area contributed by atoms with Crippen LogP contribution in [0.3, 0.4) is 0 Å². The zero-order valence-corrected chi connectivity index (χ0v) is 22.1. The second kappa shape index (κ2) is 13.0. The molecule has 12 heteroatoms. The van der Waals surface area contributed by atoms with E-state index < -0.39 is 15.9 Å². The number of rotatable bonds is 12. The molecule has 2 heterocycles. The number of morpholine rings is 1. The Morgan fingerprint density at radius 2 is 2.00 bits per heavy atom. The quantitative estimate of drug-likeness (QED) is 0.408. The predicted octanol–water partition coefficient (Wildman–Crippen LogP) is 2.50. The number of nitrogens with zero attached hydrogens (tertiary/aromatic N) is 4. The molecule has 0 aliphatic carbocycles. The van der Waals surface area contributed by atoms with Crippen molar-refractivity contribution in [3.05, 3.63) is 58.8 Å². The molecule has 0 saturated carbocycles. The first-order valence-corrected chi connectivity index (χ1v) is 13.7. The van der Waals surface area contributed by atoms with Crippen LogP contribution in [0.5, 0.6) is 5.75 Å². The fraction of sp³-hybridized carbons (Fsp3) is 0.458. The molecule has 1 saturated heterocycles. The summed E-state index contributed by atoms with van der Waals surface area (Å²) in [6.07, 6.45) is 0. The summed E-state index contributed by atoms with van der Waals surface area (Å²) in [5, 5.41) is 8.69. The molecule has 0 atom stereocenters. The van der Waals surface area contributed by atoms with Crippen LogP contribution in [-0.2, 0) is 21.3 Å². The van der Waals surface area contributed by atoms with Crippen LogP contribution in [-0.4, -0.2) is 81.2 Å². The van der Waals surface area contributed by atoms with Gasteiger partial charge in [0.15, 0.2) is 11.5 Å². The third kappa shape index (κ3) is 8.44. The normalized spacial score (nSPS) is 14.3. The van der Waals surface area contributed by atoms with Crippen molar-refractivity contribution in [2.75, 3.05) is 56.7 Å². The molecule has 1 aromatic carbocycles. The Hall–Kier alpha value is -2.73. The number of amides is 1. The van der Waals surface area contributed by atoms with Crippen molar-refractivity contribution in [3.63, 3.8) is 0 Å². The van der Waals surface area contributed by atoms with Gasteiger partial charge >= 0.3 is 0 Å². The number of halogens is 1. The average molecular weight is 538 g/mol. The van der Waals surface area contributed by atoms with Crippen molar-refractivity contribution >= 4 is 33.3 Å². The topological polar surface area (TPSA) is 114 Å². The number of carbonyl (C=O) groups excluding carboxylic acids is 1. The fourth-order valence-corrected chi connectivity index (χ4v) is 4.69. The summed E-state index contributed by atoms with van der Waals surface area (Å²) in [7, 11) is -3.81. The van der Waals surface area contributed by atoms with Gasteiger partial charge in [-0.1, -0.05) is 18.2 Å². The monoisotopic (exact) mass is 537 g/mol. The van der Waals surface area contributed by atoms with E-state index in [1.807, 2.05) is 35.8 Å². The SMILES string of the molecule is C=C(C)COc1ccc(Cl)cc1CN(CC)c1ccc(C(=O)NS(=O)(=O)CCN2CCOCC2)nn1. The van der Waals surface area contributed by atoms with E-state index in [-0.39, 0.29) is 11.4 Å². The minimum atomic E-state index is -3.81. The van der Waals surface area contributed by atoms with Crippen molar-refractivity contribution in [1.29, 1.82) is 0 Å². The minimum absolute atomic E-state index is 0.0852. The molecule has 1 N–H and O–H groups in total. The molecule has 0 bridgehead atoms. The summed E-state index contributed by atoms with van der Waals surface area (Å²) in [5.74, 6) is 0.204. The number of hydrogen-bond donors (Lipinski definition) is 1. The molecule has 1 aliphatic heterocycles. The van der Waals surface area contributed by atoms with Crippen LogP contribution in [0.2, 0.25) is 5.02 Å². The van der Waals surface area contributed by atoms with Crippen LogP contribution in [0.1, 0.15) is 29.9 Å². The van der Waals surface area contributed by atoms with Crippen LogP contribution < -0.4 is 14.4 Å². The Bertz CT molecular complexity index is 1150. The van der Waals surface area contributed by atoms with Gasteiger partial charge in [-0.3, -0.25) is 9.69 Å². The highest BCUT2D eigenvalue weighted by atomic mass is 35.5. The van der Waals surface area contributed by atoms with Gasteiger partial charge in [0, 0.05) is 43.3 Å². The Labute approximate surface area is 217 Å². The van der Waals surface area contributed by atoms with E-state index in [1.54, 1.807) is 12.1 Å². The van der Waals surface area contributed by atoms with Crippen LogP contribution in [0.4, 0.5) is 5.82 Å². The van der Waals surface area contributed by atoms with Gasteiger partial charge in [-0.15, -0.1) is 10.2 Å². The highest BCUT2D eigenvalue weighted by Crippen LogP contribution is 2.26. The number of ether oxygens (including phenoxy) is 2. The van der Waals surface area contributed by atoms with E-state index in [9.17, 15) is 13.2 Å². The first-order chi connectivity index (χ1) is 17.2. The van der Waals surface area contributed by atoms with Crippen molar-refractivity contribution in [2.24, 2.45) is 0 Å². The smallest absolute Gasteiger partial charge is 0.285 e. The average Bonchev–Trinajstić information content (AvgIpc) is 2.86. The molecule has 1 fully saturated rings. The number of sulfonamides is 1. The molecule has 0 radical (unpaired) electrons. The molecule has 2 aromatic rings. The number of aromatic nitrogens is 2. The van der Waals surface area contributed by atoms with E-state index >= 15 is 0 Å². The number of benzene rings is 1. The maximum atomic E-state index is 12.5. The Kier molecular flexibility index (Phi) is 10.1. The van der Waals surface area contributed by atoms with Gasteiger partial charge in [-0.25, -0.2) is 13.1 Å². The maximum absolute atomic E-state index is 12.5. The molecule has 1 aliphatic rings. The number of carbonyl (C=O) groups is 1. The first-order valence-electron chi connectivity index (χ1n) is 11.7. The van der Waals surface area contributed by atoms with E-state index in [2.05, 4.69) is 21.5 Å². The Morgan fingerprint density at radius 1 is 1.25 bits per heavy atom. The summed E-state index contributed by atoms with van der Waals surface area (Å²) >= 11 is 6.21. The third-order valence-corrected chi connectivity index (χ3v) is 6.93. The van der Waals surface area contributed by atoms with Crippen LogP contribution in [0, 0.1) is 0 Å². The van der Waals surface area contributed by atoms with Crippen LogP contribution in [0.25, 0.3) is 0 Å². The molecule has 10 nitrogen and oxygen atoms in total. The van der Waals surface area contributed by atoms with Gasteiger partial charge in [0.2, 0.25) is 10.0 Å². The molecule has 1 aromatic heterocycles. The highest BCUT2D eigenvalue weighted by Gasteiger charge is 2.21. The number of hydrogen-bond acceptors (Lipinski definition) is 9. The first kappa shape index (κ1) is 27.9. The van der Waals surface area contributed by atoms with Gasteiger partial charge in [0.1, 0.15) is 12.4 Å². The summed E-state index contributed by atoms with van der Waals surface area (Å²) in [4.78, 5) is 16.4. The predicted molar refractivity (Wildman–Crippen MR) is 139 cm³/mol. The summed E-state index contributed by atoms with van der Waals surface area (Å²) < 4.78 is 37.9. The molecule has 36 heavy (non-hydrogen) atoms. The second-order valence-corrected chi connectivity index (χ2v) is 10.8. The molecule has 0 unspecified atom stereocenters. The lowest BCUT2D eigenvalue weighted by Crippen LogP contribution is -2.42. The lowest BCUT2D eigenvalue weighted by atomic mass is 10.2. The van der Waals surface area contributed by atoms with Crippen LogP contribution >= 0.6 is 11.6 Å². The van der Waals surface area contributed by atoms with Gasteiger partial charge in [0.25, 0.3) is 5.91 Å². The van der Waals surface area contributed by atoms with E-state index in [1.165, 1.54) is 6.07 Å². The van der Waals surface area contributed by atoms with Gasteiger partial charge in [-0.05, 0) is 49.8 Å². The maximum Gasteiger partial charge on any atom is 0.285 e. The number of nitrogens with one attached hydrogen (secondary N) is 1. The largest absolute Gasteiger partial charge is 0.489 e. The van der Waals surface area contributed by atoms with Crippen molar-refractivity contribution in [3.8, 4) is 5.75 Å². The molecule has 3 rings (SSSR count). The molecular formula is C24H32ClN5O5S. The van der Waals surface area contributed by atoms with Gasteiger partial charge in [0.05, 0.1) is 19.0 Å². The van der Waals surface area contributed by atoms with E-state index in [0.717, 1.165) is 11.1 Å². The zero-order chi connectivity index (χ0) is 26.1.